The van der Waals surface area contributed by atoms with Crippen molar-refractivity contribution in [1.29, 1.82) is 0 Å². The van der Waals surface area contributed by atoms with E-state index in [1.54, 1.807) is 0 Å². The third-order valence-corrected chi connectivity index (χ3v) is 2.78. The van der Waals surface area contributed by atoms with Crippen molar-refractivity contribution in [3.8, 4) is 0 Å². The van der Waals surface area contributed by atoms with Crippen LogP contribution in [0.25, 0.3) is 0 Å². The van der Waals surface area contributed by atoms with E-state index >= 15 is 0 Å². The first-order chi connectivity index (χ1) is 4.35. The van der Waals surface area contributed by atoms with E-state index in [0.717, 1.165) is 17.9 Å². The summed E-state index contributed by atoms with van der Waals surface area (Å²) in [6, 6.07) is 0. The Bertz CT molecular complexity index is 110. The third-order valence-electron chi connectivity index (χ3n) is 2.78. The van der Waals surface area contributed by atoms with E-state index in [4.69, 9.17) is 5.73 Å². The van der Waals surface area contributed by atoms with Crippen molar-refractivity contribution in [3.05, 3.63) is 0 Å². The first-order valence-electron chi connectivity index (χ1n) is 3.75. The van der Waals surface area contributed by atoms with E-state index in [2.05, 4.69) is 5.32 Å². The van der Waals surface area contributed by atoms with E-state index < -0.39 is 0 Å². The van der Waals surface area contributed by atoms with Crippen molar-refractivity contribution < 1.29 is 0 Å². The average molecular weight is 126 g/mol. The quantitative estimate of drug-likeness (QED) is 0.517. The lowest BCUT2D eigenvalue weighted by molar-refractivity contribution is 0.00493. The minimum atomic E-state index is 0.726. The van der Waals surface area contributed by atoms with Gasteiger partial charge in [-0.05, 0) is 30.7 Å². The lowest BCUT2D eigenvalue weighted by atomic mass is 9.59. The molecule has 1 saturated carbocycles. The van der Waals surface area contributed by atoms with Gasteiger partial charge in [-0.3, -0.25) is 0 Å². The van der Waals surface area contributed by atoms with Gasteiger partial charge >= 0.3 is 0 Å². The largest absolute Gasteiger partial charge is 0.330 e. The first-order valence-corrected chi connectivity index (χ1v) is 3.75. The Balaban J connectivity index is 1.82. The van der Waals surface area contributed by atoms with Crippen LogP contribution in [-0.4, -0.2) is 19.6 Å². The summed E-state index contributed by atoms with van der Waals surface area (Å²) in [4.78, 5) is 0. The van der Waals surface area contributed by atoms with Crippen LogP contribution in [0.3, 0.4) is 0 Å². The number of hydrogen-bond donors (Lipinski definition) is 2. The van der Waals surface area contributed by atoms with Gasteiger partial charge in [0, 0.05) is 13.1 Å². The van der Waals surface area contributed by atoms with Gasteiger partial charge in [0.25, 0.3) is 0 Å². The molecule has 2 heteroatoms. The zero-order valence-electron chi connectivity index (χ0n) is 5.69. The fourth-order valence-electron chi connectivity index (χ4n) is 2.10. The van der Waals surface area contributed by atoms with Gasteiger partial charge in [-0.1, -0.05) is 0 Å². The number of nitrogens with two attached hydrogens (primary N) is 1. The molecule has 0 aromatic heterocycles. The molecule has 1 aliphatic carbocycles. The Hall–Kier alpha value is -0.0800. The molecule has 2 aliphatic rings. The van der Waals surface area contributed by atoms with Crippen molar-refractivity contribution in [2.45, 2.75) is 12.8 Å². The van der Waals surface area contributed by atoms with E-state index in [9.17, 15) is 0 Å². The highest BCUT2D eigenvalue weighted by Gasteiger charge is 2.47. The molecule has 1 aliphatic heterocycles. The Labute approximate surface area is 55.8 Å². The normalized spacial score (nSPS) is 31.7. The van der Waals surface area contributed by atoms with Crippen LogP contribution in [0, 0.1) is 11.3 Å². The molecule has 0 atom stereocenters. The lowest BCUT2D eigenvalue weighted by Gasteiger charge is -2.54. The summed E-state index contributed by atoms with van der Waals surface area (Å²) < 4.78 is 0. The molecule has 2 nitrogen and oxygen atoms in total. The SMILES string of the molecule is NCC1CC2(CNC2)C1. The van der Waals surface area contributed by atoms with E-state index in [1.165, 1.54) is 25.9 Å². The monoisotopic (exact) mass is 126 g/mol. The fourth-order valence-corrected chi connectivity index (χ4v) is 2.10. The fraction of sp³-hybridized carbons (Fsp3) is 1.00. The van der Waals surface area contributed by atoms with Gasteiger partial charge < -0.3 is 11.1 Å². The average Bonchev–Trinajstić information content (AvgIpc) is 1.59. The van der Waals surface area contributed by atoms with Crippen LogP contribution < -0.4 is 11.1 Å². The molecule has 2 rings (SSSR count). The van der Waals surface area contributed by atoms with Crippen molar-refractivity contribution in [2.75, 3.05) is 19.6 Å². The summed E-state index contributed by atoms with van der Waals surface area (Å²) in [5.74, 6) is 0.854. The van der Waals surface area contributed by atoms with Crippen LogP contribution in [0.5, 0.6) is 0 Å². The second-order valence-corrected chi connectivity index (χ2v) is 3.61. The Morgan fingerprint density at radius 3 is 2.44 bits per heavy atom. The molecule has 0 aromatic carbocycles. The summed E-state index contributed by atoms with van der Waals surface area (Å²) in [7, 11) is 0. The van der Waals surface area contributed by atoms with Gasteiger partial charge in [0.1, 0.15) is 0 Å². The summed E-state index contributed by atoms with van der Waals surface area (Å²) in [6.07, 6.45) is 2.77. The van der Waals surface area contributed by atoms with Gasteiger partial charge in [-0.15, -0.1) is 0 Å². The van der Waals surface area contributed by atoms with Gasteiger partial charge in [0.2, 0.25) is 0 Å². The van der Waals surface area contributed by atoms with Crippen LogP contribution >= 0.6 is 0 Å². The van der Waals surface area contributed by atoms with Crippen LogP contribution in [-0.2, 0) is 0 Å². The van der Waals surface area contributed by atoms with Crippen LogP contribution in [0.15, 0.2) is 0 Å². The predicted molar refractivity (Wildman–Crippen MR) is 37.1 cm³/mol. The first kappa shape index (κ1) is 5.69. The maximum Gasteiger partial charge on any atom is 0.00204 e. The maximum atomic E-state index is 5.51. The summed E-state index contributed by atoms with van der Waals surface area (Å²) in [5.41, 5.74) is 6.24. The standard InChI is InChI=1S/C7H14N2/c8-3-6-1-7(2-6)4-9-5-7/h6,9H,1-5,8H2. The highest BCUT2D eigenvalue weighted by Crippen LogP contribution is 2.47. The van der Waals surface area contributed by atoms with Gasteiger partial charge in [-0.2, -0.15) is 0 Å². The minimum absolute atomic E-state index is 0.726. The van der Waals surface area contributed by atoms with Gasteiger partial charge in [0.05, 0.1) is 0 Å². The van der Waals surface area contributed by atoms with Crippen LogP contribution in [0.2, 0.25) is 0 Å². The molecule has 1 saturated heterocycles. The highest BCUT2D eigenvalue weighted by atomic mass is 15.0. The molecule has 0 amide bonds. The number of hydrogen-bond acceptors (Lipinski definition) is 2. The van der Waals surface area contributed by atoms with E-state index in [-0.39, 0.29) is 0 Å². The van der Waals surface area contributed by atoms with Crippen LogP contribution in [0.1, 0.15) is 12.8 Å². The smallest absolute Gasteiger partial charge is 0.00204 e. The minimum Gasteiger partial charge on any atom is -0.330 e. The van der Waals surface area contributed by atoms with Crippen molar-refractivity contribution >= 4 is 0 Å². The zero-order chi connectivity index (χ0) is 6.32. The molecule has 52 valence electrons. The highest BCUT2D eigenvalue weighted by molar-refractivity contribution is 5.02. The Morgan fingerprint density at radius 2 is 2.11 bits per heavy atom. The number of rotatable bonds is 1. The maximum absolute atomic E-state index is 5.51. The molecule has 0 bridgehead atoms. The Morgan fingerprint density at radius 1 is 1.44 bits per heavy atom. The second-order valence-electron chi connectivity index (χ2n) is 3.61. The van der Waals surface area contributed by atoms with Crippen molar-refractivity contribution in [3.63, 3.8) is 0 Å². The van der Waals surface area contributed by atoms with Crippen molar-refractivity contribution in [1.82, 2.24) is 5.32 Å². The van der Waals surface area contributed by atoms with E-state index in [1.807, 2.05) is 0 Å². The molecule has 3 N–H and O–H groups in total. The van der Waals surface area contributed by atoms with Crippen LogP contribution in [0.4, 0.5) is 0 Å². The molecule has 1 heterocycles. The summed E-state index contributed by atoms with van der Waals surface area (Å²) >= 11 is 0. The summed E-state index contributed by atoms with van der Waals surface area (Å²) in [5, 5.41) is 3.31. The molecule has 0 aromatic rings. The molecule has 0 radical (unpaired) electrons. The molecular weight excluding hydrogens is 112 g/mol. The molecule has 2 fully saturated rings. The third kappa shape index (κ3) is 0.700. The Kier molecular flexibility index (Phi) is 1.08. The molecule has 0 unspecified atom stereocenters. The summed E-state index contributed by atoms with van der Waals surface area (Å²) in [6.45, 7) is 3.41. The topological polar surface area (TPSA) is 38.0 Å². The zero-order valence-corrected chi connectivity index (χ0v) is 5.69. The number of nitrogens with one attached hydrogen (secondary N) is 1. The lowest BCUT2D eigenvalue weighted by Crippen LogP contribution is -2.61. The molecule has 9 heavy (non-hydrogen) atoms. The predicted octanol–water partition coefficient (Wildman–Crippen LogP) is -0.0553. The van der Waals surface area contributed by atoms with Gasteiger partial charge in [-0.25, -0.2) is 0 Å². The molecular formula is C7H14N2. The van der Waals surface area contributed by atoms with Crippen molar-refractivity contribution in [2.24, 2.45) is 17.1 Å². The molecule has 1 spiro atoms. The van der Waals surface area contributed by atoms with Gasteiger partial charge in [0.15, 0.2) is 0 Å². The van der Waals surface area contributed by atoms with E-state index in [0.29, 0.717) is 0 Å². The second kappa shape index (κ2) is 1.70.